The van der Waals surface area contributed by atoms with E-state index < -0.39 is 5.60 Å². The highest BCUT2D eigenvalue weighted by Gasteiger charge is 2.38. The number of hydrogen-bond donors (Lipinski definition) is 2. The summed E-state index contributed by atoms with van der Waals surface area (Å²) in [7, 11) is 4.10. The molecule has 2 rings (SSSR count). The lowest BCUT2D eigenvalue weighted by Gasteiger charge is -2.37. The van der Waals surface area contributed by atoms with E-state index >= 15 is 0 Å². The van der Waals surface area contributed by atoms with Gasteiger partial charge in [0, 0.05) is 12.6 Å². The van der Waals surface area contributed by atoms with E-state index in [2.05, 4.69) is 52.3 Å². The van der Waals surface area contributed by atoms with Crippen LogP contribution in [0.25, 0.3) is 0 Å². The fourth-order valence-electron chi connectivity index (χ4n) is 3.11. The van der Waals surface area contributed by atoms with Gasteiger partial charge in [-0.25, -0.2) is 0 Å². The third-order valence-electron chi connectivity index (χ3n) is 4.30. The van der Waals surface area contributed by atoms with Gasteiger partial charge in [0.05, 0.1) is 22.9 Å². The Labute approximate surface area is 135 Å². The number of nitrogens with one attached hydrogen (secondary N) is 1. The van der Waals surface area contributed by atoms with E-state index in [0.717, 1.165) is 55.5 Å². The van der Waals surface area contributed by atoms with E-state index in [1.54, 1.807) is 6.20 Å². The molecule has 0 aliphatic heterocycles. The molecule has 0 aromatic carbocycles. The monoisotopic (exact) mass is 358 g/mol. The molecule has 1 aliphatic carbocycles. The predicted octanol–water partition coefficient (Wildman–Crippen LogP) is 1.95. The fraction of sp³-hybridized carbons (Fsp3) is 0.800. The van der Waals surface area contributed by atoms with Crippen molar-refractivity contribution >= 4 is 15.9 Å². The molecule has 2 N–H and O–H groups in total. The van der Waals surface area contributed by atoms with Gasteiger partial charge in [-0.05, 0) is 62.3 Å². The van der Waals surface area contributed by atoms with Crippen LogP contribution in [-0.2, 0) is 12.1 Å². The first-order valence-corrected chi connectivity index (χ1v) is 8.58. The summed E-state index contributed by atoms with van der Waals surface area (Å²) >= 11 is 3.57. The van der Waals surface area contributed by atoms with Gasteiger partial charge in [0.15, 0.2) is 0 Å². The van der Waals surface area contributed by atoms with Gasteiger partial charge < -0.3 is 15.3 Å². The van der Waals surface area contributed by atoms with Crippen molar-refractivity contribution in [3.63, 3.8) is 0 Å². The van der Waals surface area contributed by atoms with Crippen LogP contribution in [0.15, 0.2) is 10.7 Å². The summed E-state index contributed by atoms with van der Waals surface area (Å²) < 4.78 is 2.88. The second-order valence-electron chi connectivity index (χ2n) is 6.23. The minimum atomic E-state index is -0.756. The van der Waals surface area contributed by atoms with E-state index in [1.807, 2.05) is 4.68 Å². The normalized spacial score (nSPS) is 26.5. The Morgan fingerprint density at radius 2 is 2.14 bits per heavy atom. The van der Waals surface area contributed by atoms with Gasteiger partial charge in [-0.1, -0.05) is 6.92 Å². The van der Waals surface area contributed by atoms with Crippen molar-refractivity contribution in [1.82, 2.24) is 20.0 Å². The van der Waals surface area contributed by atoms with Crippen LogP contribution in [0.1, 0.15) is 38.3 Å². The van der Waals surface area contributed by atoms with Gasteiger partial charge in [0.2, 0.25) is 0 Å². The Hall–Kier alpha value is -0.430. The summed E-state index contributed by atoms with van der Waals surface area (Å²) in [5.41, 5.74) is 0.187. The lowest BCUT2D eigenvalue weighted by molar-refractivity contribution is -0.0168. The topological polar surface area (TPSA) is 53.3 Å². The average molecular weight is 359 g/mol. The van der Waals surface area contributed by atoms with E-state index in [4.69, 9.17) is 0 Å². The maximum Gasteiger partial charge on any atom is 0.107 e. The molecule has 1 heterocycles. The van der Waals surface area contributed by atoms with Gasteiger partial charge in [0.25, 0.3) is 0 Å². The number of halogens is 1. The molecule has 1 aromatic heterocycles. The van der Waals surface area contributed by atoms with E-state index in [1.165, 1.54) is 0 Å². The van der Waals surface area contributed by atoms with Crippen molar-refractivity contribution < 1.29 is 5.11 Å². The number of rotatable bonds is 6. The SMILES string of the molecule is CCNC1CCC(O)(c2c(Br)cnn2CCN(C)C)CC1. The van der Waals surface area contributed by atoms with Gasteiger partial charge in [-0.15, -0.1) is 0 Å². The zero-order valence-electron chi connectivity index (χ0n) is 13.3. The lowest BCUT2D eigenvalue weighted by Crippen LogP contribution is -2.41. The highest BCUT2D eigenvalue weighted by molar-refractivity contribution is 9.10. The highest BCUT2D eigenvalue weighted by Crippen LogP contribution is 2.40. The molecular formula is C15H27BrN4O. The second-order valence-corrected chi connectivity index (χ2v) is 7.09. The maximum absolute atomic E-state index is 11.1. The van der Waals surface area contributed by atoms with Crippen molar-refractivity contribution in [3.05, 3.63) is 16.4 Å². The predicted molar refractivity (Wildman–Crippen MR) is 88.3 cm³/mol. The Bertz CT molecular complexity index is 453. The van der Waals surface area contributed by atoms with Crippen molar-refractivity contribution in [2.45, 2.75) is 50.8 Å². The van der Waals surface area contributed by atoms with Crippen molar-refractivity contribution in [2.24, 2.45) is 0 Å². The molecule has 6 heteroatoms. The number of hydrogen-bond acceptors (Lipinski definition) is 4. The third kappa shape index (κ3) is 4.06. The van der Waals surface area contributed by atoms with Crippen LogP contribution in [-0.4, -0.2) is 53.0 Å². The number of likely N-dealkylation sites (N-methyl/N-ethyl adjacent to an activating group) is 1. The van der Waals surface area contributed by atoms with Crippen LogP contribution in [0.2, 0.25) is 0 Å². The minimum absolute atomic E-state index is 0.534. The van der Waals surface area contributed by atoms with Crippen LogP contribution < -0.4 is 5.32 Å². The Kier molecular flexibility index (Phi) is 5.82. The summed E-state index contributed by atoms with van der Waals surface area (Å²) in [6.07, 6.45) is 5.40. The van der Waals surface area contributed by atoms with Crippen LogP contribution in [0.5, 0.6) is 0 Å². The summed E-state index contributed by atoms with van der Waals surface area (Å²) in [5, 5.41) is 19.0. The molecule has 1 aliphatic rings. The van der Waals surface area contributed by atoms with Gasteiger partial charge in [-0.3, -0.25) is 4.68 Å². The molecule has 1 fully saturated rings. The molecule has 0 amide bonds. The van der Waals surface area contributed by atoms with Crippen molar-refractivity contribution in [3.8, 4) is 0 Å². The summed E-state index contributed by atoms with van der Waals surface area (Å²) in [6, 6.07) is 0.534. The quantitative estimate of drug-likeness (QED) is 0.815. The largest absolute Gasteiger partial charge is 0.384 e. The number of aliphatic hydroxyl groups is 1. The first-order valence-electron chi connectivity index (χ1n) is 7.78. The minimum Gasteiger partial charge on any atom is -0.384 e. The molecule has 0 radical (unpaired) electrons. The van der Waals surface area contributed by atoms with Gasteiger partial charge >= 0.3 is 0 Å². The first kappa shape index (κ1) is 16.9. The molecule has 0 saturated heterocycles. The number of nitrogens with zero attached hydrogens (tertiary/aromatic N) is 3. The smallest absolute Gasteiger partial charge is 0.107 e. The molecule has 0 unspecified atom stereocenters. The van der Waals surface area contributed by atoms with E-state index in [-0.39, 0.29) is 0 Å². The van der Waals surface area contributed by atoms with Crippen LogP contribution >= 0.6 is 15.9 Å². The molecular weight excluding hydrogens is 332 g/mol. The van der Waals surface area contributed by atoms with Crippen molar-refractivity contribution in [2.75, 3.05) is 27.2 Å². The third-order valence-corrected chi connectivity index (χ3v) is 4.88. The van der Waals surface area contributed by atoms with E-state index in [0.29, 0.717) is 6.04 Å². The molecule has 21 heavy (non-hydrogen) atoms. The summed E-state index contributed by atoms with van der Waals surface area (Å²) in [4.78, 5) is 2.13. The zero-order chi connectivity index (χ0) is 15.5. The average Bonchev–Trinajstić information content (AvgIpc) is 2.81. The molecule has 5 nitrogen and oxygen atoms in total. The Morgan fingerprint density at radius 1 is 1.48 bits per heavy atom. The summed E-state index contributed by atoms with van der Waals surface area (Å²) in [6.45, 7) is 4.84. The molecule has 0 bridgehead atoms. The molecule has 0 spiro atoms. The maximum atomic E-state index is 11.1. The zero-order valence-corrected chi connectivity index (χ0v) is 14.9. The van der Waals surface area contributed by atoms with Gasteiger partial charge in [-0.2, -0.15) is 5.10 Å². The summed E-state index contributed by atoms with van der Waals surface area (Å²) in [5.74, 6) is 0. The molecule has 120 valence electrons. The molecule has 0 atom stereocenters. The molecule has 1 saturated carbocycles. The van der Waals surface area contributed by atoms with Crippen molar-refractivity contribution in [1.29, 1.82) is 0 Å². The van der Waals surface area contributed by atoms with Gasteiger partial charge in [0.1, 0.15) is 5.60 Å². The van der Waals surface area contributed by atoms with Crippen LogP contribution in [0.3, 0.4) is 0 Å². The second kappa shape index (κ2) is 7.22. The fourth-order valence-corrected chi connectivity index (χ4v) is 3.78. The molecule has 1 aromatic rings. The first-order chi connectivity index (χ1) is 9.96. The standard InChI is InChI=1S/C15H27BrN4O/c1-4-17-12-5-7-15(21,8-6-12)14-13(16)11-18-20(14)10-9-19(2)3/h11-12,17,21H,4-10H2,1-3H3. The van der Waals surface area contributed by atoms with E-state index in [9.17, 15) is 5.11 Å². The Balaban J connectivity index is 2.11. The Morgan fingerprint density at radius 3 is 2.71 bits per heavy atom. The lowest BCUT2D eigenvalue weighted by atomic mass is 9.80. The van der Waals surface area contributed by atoms with Crippen LogP contribution in [0, 0.1) is 0 Å². The van der Waals surface area contributed by atoms with Crippen LogP contribution in [0.4, 0.5) is 0 Å². The highest BCUT2D eigenvalue weighted by atomic mass is 79.9. The number of aromatic nitrogens is 2.